The molecule has 0 saturated carbocycles. The SMILES string of the molecule is COc1ccc(F)cc1C(=O)NCc1nc(C2COCCN2C)n[nH]1. The van der Waals surface area contributed by atoms with Gasteiger partial charge in [-0.05, 0) is 25.2 Å². The molecule has 2 aromatic rings. The Hall–Kier alpha value is -2.52. The Bertz CT molecular complexity index is 751. The van der Waals surface area contributed by atoms with Gasteiger partial charge in [0.15, 0.2) is 5.82 Å². The topological polar surface area (TPSA) is 92.4 Å². The summed E-state index contributed by atoms with van der Waals surface area (Å²) in [7, 11) is 3.41. The lowest BCUT2D eigenvalue weighted by molar-refractivity contribution is 0.00193. The summed E-state index contributed by atoms with van der Waals surface area (Å²) in [6.07, 6.45) is 0. The van der Waals surface area contributed by atoms with Crippen LogP contribution in [0.5, 0.6) is 5.75 Å². The molecule has 1 aliphatic rings. The Morgan fingerprint density at radius 2 is 2.40 bits per heavy atom. The number of hydrogen-bond acceptors (Lipinski definition) is 6. The van der Waals surface area contributed by atoms with Crippen molar-refractivity contribution in [1.82, 2.24) is 25.4 Å². The average molecular weight is 349 g/mol. The molecule has 25 heavy (non-hydrogen) atoms. The van der Waals surface area contributed by atoms with E-state index in [0.29, 0.717) is 30.6 Å². The highest BCUT2D eigenvalue weighted by molar-refractivity contribution is 5.96. The maximum atomic E-state index is 13.4. The molecule has 1 aromatic heterocycles. The van der Waals surface area contributed by atoms with Gasteiger partial charge in [0, 0.05) is 6.54 Å². The van der Waals surface area contributed by atoms with E-state index in [4.69, 9.17) is 9.47 Å². The monoisotopic (exact) mass is 349 g/mol. The molecule has 0 aliphatic carbocycles. The highest BCUT2D eigenvalue weighted by atomic mass is 19.1. The fourth-order valence-corrected chi connectivity index (χ4v) is 2.61. The third-order valence-corrected chi connectivity index (χ3v) is 4.07. The lowest BCUT2D eigenvalue weighted by Gasteiger charge is -2.30. The molecule has 2 heterocycles. The van der Waals surface area contributed by atoms with Crippen molar-refractivity contribution in [2.24, 2.45) is 0 Å². The molecule has 2 N–H and O–H groups in total. The zero-order valence-electron chi connectivity index (χ0n) is 14.1. The van der Waals surface area contributed by atoms with Crippen LogP contribution in [-0.2, 0) is 11.3 Å². The standard InChI is InChI=1S/C16H20FN5O3/c1-22-5-6-25-9-12(22)15-19-14(20-21-15)8-18-16(23)11-7-10(17)3-4-13(11)24-2/h3-4,7,12H,5-6,8-9H2,1-2H3,(H,18,23)(H,19,20,21). The minimum atomic E-state index is -0.506. The molecule has 1 unspecified atom stereocenters. The zero-order chi connectivity index (χ0) is 17.8. The Morgan fingerprint density at radius 1 is 1.56 bits per heavy atom. The number of benzene rings is 1. The number of H-pyrrole nitrogens is 1. The number of hydrogen-bond donors (Lipinski definition) is 2. The number of amides is 1. The fourth-order valence-electron chi connectivity index (χ4n) is 2.61. The maximum Gasteiger partial charge on any atom is 0.255 e. The summed E-state index contributed by atoms with van der Waals surface area (Å²) >= 11 is 0. The zero-order valence-corrected chi connectivity index (χ0v) is 14.1. The molecule has 1 atom stereocenters. The van der Waals surface area contributed by atoms with Gasteiger partial charge in [0.1, 0.15) is 17.4 Å². The van der Waals surface area contributed by atoms with Crippen molar-refractivity contribution in [3.63, 3.8) is 0 Å². The number of likely N-dealkylation sites (N-methyl/N-ethyl adjacent to an activating group) is 1. The lowest BCUT2D eigenvalue weighted by Crippen LogP contribution is -2.37. The van der Waals surface area contributed by atoms with E-state index in [2.05, 4.69) is 25.4 Å². The first-order chi connectivity index (χ1) is 12.1. The van der Waals surface area contributed by atoms with Crippen molar-refractivity contribution >= 4 is 5.91 Å². The van der Waals surface area contributed by atoms with E-state index in [9.17, 15) is 9.18 Å². The second kappa shape index (κ2) is 7.58. The van der Waals surface area contributed by atoms with Crippen LogP contribution in [0.2, 0.25) is 0 Å². The van der Waals surface area contributed by atoms with Gasteiger partial charge in [-0.15, -0.1) is 0 Å². The van der Waals surface area contributed by atoms with Crippen LogP contribution >= 0.6 is 0 Å². The number of carbonyl (C=O) groups is 1. The van der Waals surface area contributed by atoms with Crippen LogP contribution in [0.3, 0.4) is 0 Å². The second-order valence-corrected chi connectivity index (χ2v) is 5.74. The Kier molecular flexibility index (Phi) is 5.25. The van der Waals surface area contributed by atoms with Gasteiger partial charge >= 0.3 is 0 Å². The Labute approximate surface area is 144 Å². The molecule has 134 valence electrons. The highest BCUT2D eigenvalue weighted by Crippen LogP contribution is 2.20. The van der Waals surface area contributed by atoms with E-state index in [1.165, 1.54) is 19.2 Å². The fraction of sp³-hybridized carbons (Fsp3) is 0.438. The number of aromatic nitrogens is 3. The number of nitrogens with one attached hydrogen (secondary N) is 2. The van der Waals surface area contributed by atoms with Crippen LogP contribution in [0.1, 0.15) is 28.0 Å². The smallest absolute Gasteiger partial charge is 0.255 e. The van der Waals surface area contributed by atoms with Crippen LogP contribution in [0.4, 0.5) is 4.39 Å². The summed E-state index contributed by atoms with van der Waals surface area (Å²) in [4.78, 5) is 18.8. The summed E-state index contributed by atoms with van der Waals surface area (Å²) < 4.78 is 23.9. The van der Waals surface area contributed by atoms with Crippen LogP contribution < -0.4 is 10.1 Å². The molecule has 3 rings (SSSR count). The molecule has 0 spiro atoms. The van der Waals surface area contributed by atoms with E-state index in [-0.39, 0.29) is 18.2 Å². The number of halogens is 1. The van der Waals surface area contributed by atoms with Gasteiger partial charge in [-0.1, -0.05) is 0 Å². The van der Waals surface area contributed by atoms with Gasteiger partial charge in [0.2, 0.25) is 0 Å². The van der Waals surface area contributed by atoms with Crippen LogP contribution in [0.25, 0.3) is 0 Å². The third kappa shape index (κ3) is 3.94. The van der Waals surface area contributed by atoms with E-state index < -0.39 is 11.7 Å². The minimum Gasteiger partial charge on any atom is -0.496 e. The van der Waals surface area contributed by atoms with Crippen LogP contribution in [0, 0.1) is 5.82 Å². The van der Waals surface area contributed by atoms with E-state index in [0.717, 1.165) is 12.6 Å². The number of carbonyl (C=O) groups excluding carboxylic acids is 1. The van der Waals surface area contributed by atoms with Gasteiger partial charge < -0.3 is 14.8 Å². The van der Waals surface area contributed by atoms with E-state index in [1.54, 1.807) is 0 Å². The van der Waals surface area contributed by atoms with Crippen LogP contribution in [-0.4, -0.2) is 59.9 Å². The number of methoxy groups -OCH3 is 1. The minimum absolute atomic E-state index is 0.0160. The number of rotatable bonds is 5. The summed E-state index contributed by atoms with van der Waals surface area (Å²) in [5.41, 5.74) is 0.127. The van der Waals surface area contributed by atoms with Crippen LogP contribution in [0.15, 0.2) is 18.2 Å². The van der Waals surface area contributed by atoms with Crippen molar-refractivity contribution in [3.8, 4) is 5.75 Å². The predicted octanol–water partition coefficient (Wildman–Crippen LogP) is 0.885. The summed E-state index contributed by atoms with van der Waals surface area (Å²) in [6.45, 7) is 2.17. The largest absolute Gasteiger partial charge is 0.496 e. The summed E-state index contributed by atoms with van der Waals surface area (Å²) in [6, 6.07) is 3.77. The average Bonchev–Trinajstić information content (AvgIpc) is 3.08. The number of ether oxygens (including phenoxy) is 2. The van der Waals surface area contributed by atoms with Gasteiger partial charge in [0.05, 0.1) is 38.5 Å². The number of morpholine rings is 1. The highest BCUT2D eigenvalue weighted by Gasteiger charge is 2.25. The Morgan fingerprint density at radius 3 is 3.16 bits per heavy atom. The maximum absolute atomic E-state index is 13.4. The first-order valence-corrected chi connectivity index (χ1v) is 7.89. The molecular weight excluding hydrogens is 329 g/mol. The number of aromatic amines is 1. The third-order valence-electron chi connectivity index (χ3n) is 4.07. The molecule has 1 fully saturated rings. The number of nitrogens with zero attached hydrogens (tertiary/aromatic N) is 3. The molecule has 1 saturated heterocycles. The lowest BCUT2D eigenvalue weighted by atomic mass is 10.2. The second-order valence-electron chi connectivity index (χ2n) is 5.74. The first-order valence-electron chi connectivity index (χ1n) is 7.89. The molecule has 0 bridgehead atoms. The van der Waals surface area contributed by atoms with Gasteiger partial charge in [0.25, 0.3) is 5.91 Å². The van der Waals surface area contributed by atoms with Gasteiger partial charge in [-0.2, -0.15) is 5.10 Å². The molecular formula is C16H20FN5O3. The molecule has 1 aromatic carbocycles. The first kappa shape index (κ1) is 17.3. The normalized spacial score (nSPS) is 18.1. The van der Waals surface area contributed by atoms with Gasteiger partial charge in [-0.25, -0.2) is 9.37 Å². The van der Waals surface area contributed by atoms with Gasteiger partial charge in [-0.3, -0.25) is 14.8 Å². The van der Waals surface area contributed by atoms with Crippen molar-refractivity contribution in [2.75, 3.05) is 33.9 Å². The molecule has 9 heteroatoms. The summed E-state index contributed by atoms with van der Waals surface area (Å²) in [5.74, 6) is 0.478. The van der Waals surface area contributed by atoms with Crippen molar-refractivity contribution in [3.05, 3.63) is 41.2 Å². The molecule has 8 nitrogen and oxygen atoms in total. The quantitative estimate of drug-likeness (QED) is 0.833. The molecule has 0 radical (unpaired) electrons. The molecule has 1 amide bonds. The van der Waals surface area contributed by atoms with E-state index in [1.807, 2.05) is 7.05 Å². The Balaban J connectivity index is 1.64. The van der Waals surface area contributed by atoms with Crippen molar-refractivity contribution < 1.29 is 18.7 Å². The van der Waals surface area contributed by atoms with Crippen molar-refractivity contribution in [1.29, 1.82) is 0 Å². The molecule has 1 aliphatic heterocycles. The summed E-state index contributed by atoms with van der Waals surface area (Å²) in [5, 5.41) is 9.68. The predicted molar refractivity (Wildman–Crippen MR) is 86.7 cm³/mol. The van der Waals surface area contributed by atoms with Crippen molar-refractivity contribution in [2.45, 2.75) is 12.6 Å². The van der Waals surface area contributed by atoms with E-state index >= 15 is 0 Å².